The molecule has 2 bridgehead atoms. The molecule has 4 rings (SSSR count). The number of carbonyl (C=O) groups is 2. The summed E-state index contributed by atoms with van der Waals surface area (Å²) in [5, 5.41) is 2.96. The van der Waals surface area contributed by atoms with Crippen molar-refractivity contribution < 1.29 is 19.1 Å². The Bertz CT molecular complexity index is 883. The zero-order valence-electron chi connectivity index (χ0n) is 15.6. The molecular formula is C21H23N3O4. The first-order chi connectivity index (χ1) is 13.6. The molecule has 7 heteroatoms. The highest BCUT2D eigenvalue weighted by atomic mass is 16.5. The van der Waals surface area contributed by atoms with E-state index in [-0.39, 0.29) is 35.9 Å². The van der Waals surface area contributed by atoms with E-state index in [0.717, 1.165) is 18.4 Å². The first-order valence-electron chi connectivity index (χ1n) is 9.51. The van der Waals surface area contributed by atoms with Crippen molar-refractivity contribution in [3.63, 3.8) is 0 Å². The Kier molecular flexibility index (Phi) is 5.00. The van der Waals surface area contributed by atoms with Gasteiger partial charge in [-0.15, -0.1) is 0 Å². The van der Waals surface area contributed by atoms with E-state index in [1.165, 1.54) is 0 Å². The predicted molar refractivity (Wildman–Crippen MR) is 104 cm³/mol. The fourth-order valence-corrected chi connectivity index (χ4v) is 4.24. The van der Waals surface area contributed by atoms with Gasteiger partial charge in [-0.05, 0) is 61.7 Å². The van der Waals surface area contributed by atoms with E-state index in [1.807, 2.05) is 12.1 Å². The number of hydrogen-bond acceptors (Lipinski definition) is 6. The molecular weight excluding hydrogens is 358 g/mol. The van der Waals surface area contributed by atoms with Crippen molar-refractivity contribution in [2.45, 2.75) is 37.9 Å². The number of pyridine rings is 1. The van der Waals surface area contributed by atoms with Gasteiger partial charge in [0.25, 0.3) is 0 Å². The van der Waals surface area contributed by atoms with E-state index in [0.29, 0.717) is 23.7 Å². The third-order valence-electron chi connectivity index (χ3n) is 5.43. The van der Waals surface area contributed by atoms with Gasteiger partial charge in [0.15, 0.2) is 0 Å². The maximum Gasteiger partial charge on any atom is 0.338 e. The standard InChI is InChI=1S/C21H23N3O4/c1-2-27-21(26)12-3-5-14(6-4-12)24-20(25)19-16-8-7-15(28-16)18(19)13-9-10-23-17(22)11-13/h3-6,9-11,15-16,18-19H,2,7-8H2,1H3,(H2,22,23)(H,24,25). The molecule has 4 unspecified atom stereocenters. The molecule has 2 aliphatic rings. The quantitative estimate of drug-likeness (QED) is 0.772. The van der Waals surface area contributed by atoms with Crippen LogP contribution in [-0.4, -0.2) is 35.7 Å². The Morgan fingerprint density at radius 3 is 2.68 bits per heavy atom. The summed E-state index contributed by atoms with van der Waals surface area (Å²) in [7, 11) is 0. The topological polar surface area (TPSA) is 104 Å². The Morgan fingerprint density at radius 1 is 1.21 bits per heavy atom. The van der Waals surface area contributed by atoms with Gasteiger partial charge in [0.05, 0.1) is 30.3 Å². The van der Waals surface area contributed by atoms with Crippen LogP contribution in [0.15, 0.2) is 42.6 Å². The zero-order chi connectivity index (χ0) is 19.7. The average molecular weight is 381 g/mol. The second-order valence-corrected chi connectivity index (χ2v) is 7.14. The van der Waals surface area contributed by atoms with Crippen LogP contribution >= 0.6 is 0 Å². The summed E-state index contributed by atoms with van der Waals surface area (Å²) in [5.74, 6) is -0.351. The van der Waals surface area contributed by atoms with E-state index >= 15 is 0 Å². The molecule has 2 aromatic rings. The molecule has 1 aromatic heterocycles. The van der Waals surface area contributed by atoms with Gasteiger partial charge in [-0.25, -0.2) is 9.78 Å². The number of nitrogens with two attached hydrogens (primary N) is 1. The number of benzene rings is 1. The number of amides is 1. The number of carbonyl (C=O) groups excluding carboxylic acids is 2. The van der Waals surface area contributed by atoms with E-state index in [4.69, 9.17) is 15.2 Å². The normalized spacial score (nSPS) is 25.5. The largest absolute Gasteiger partial charge is 0.462 e. The molecule has 2 aliphatic heterocycles. The average Bonchev–Trinajstić information content (AvgIpc) is 3.30. The molecule has 4 atom stereocenters. The molecule has 0 aliphatic carbocycles. The van der Waals surface area contributed by atoms with E-state index in [9.17, 15) is 9.59 Å². The fraction of sp³-hybridized carbons (Fsp3) is 0.381. The lowest BCUT2D eigenvalue weighted by Crippen LogP contribution is -2.36. The molecule has 0 spiro atoms. The van der Waals surface area contributed by atoms with E-state index in [2.05, 4.69) is 10.3 Å². The van der Waals surface area contributed by atoms with Crippen molar-refractivity contribution in [1.82, 2.24) is 4.98 Å². The third kappa shape index (κ3) is 3.45. The minimum absolute atomic E-state index is 0.0220. The Hall–Kier alpha value is -2.93. The fourth-order valence-electron chi connectivity index (χ4n) is 4.24. The highest BCUT2D eigenvalue weighted by Gasteiger charge is 2.52. The molecule has 3 heterocycles. The molecule has 28 heavy (non-hydrogen) atoms. The third-order valence-corrected chi connectivity index (χ3v) is 5.43. The lowest BCUT2D eigenvalue weighted by Gasteiger charge is -2.27. The highest BCUT2D eigenvalue weighted by molar-refractivity contribution is 5.95. The van der Waals surface area contributed by atoms with Crippen molar-refractivity contribution in [2.75, 3.05) is 17.7 Å². The van der Waals surface area contributed by atoms with Gasteiger partial charge in [-0.1, -0.05) is 0 Å². The van der Waals surface area contributed by atoms with E-state index in [1.54, 1.807) is 37.4 Å². The Labute approximate surface area is 163 Å². The maximum absolute atomic E-state index is 13.1. The van der Waals surface area contributed by atoms with Crippen molar-refractivity contribution in [1.29, 1.82) is 0 Å². The number of hydrogen-bond donors (Lipinski definition) is 2. The minimum Gasteiger partial charge on any atom is -0.462 e. The van der Waals surface area contributed by atoms with Crippen molar-refractivity contribution in [3.05, 3.63) is 53.7 Å². The Balaban J connectivity index is 1.51. The number of nitrogens with one attached hydrogen (secondary N) is 1. The van der Waals surface area contributed by atoms with Crippen LogP contribution in [0, 0.1) is 5.92 Å². The number of fused-ring (bicyclic) bond motifs is 2. The SMILES string of the molecule is CCOC(=O)c1ccc(NC(=O)C2C3CCC(O3)C2c2ccnc(N)c2)cc1. The Morgan fingerprint density at radius 2 is 1.96 bits per heavy atom. The minimum atomic E-state index is -0.378. The van der Waals surface area contributed by atoms with Crippen molar-refractivity contribution >= 4 is 23.4 Å². The highest BCUT2D eigenvalue weighted by Crippen LogP contribution is 2.49. The van der Waals surface area contributed by atoms with Crippen LogP contribution in [0.5, 0.6) is 0 Å². The molecule has 2 fully saturated rings. The van der Waals surface area contributed by atoms with Gasteiger partial charge in [0, 0.05) is 17.8 Å². The first kappa shape index (κ1) is 18.4. The van der Waals surface area contributed by atoms with E-state index < -0.39 is 0 Å². The van der Waals surface area contributed by atoms with Crippen molar-refractivity contribution in [3.8, 4) is 0 Å². The predicted octanol–water partition coefficient (Wildman–Crippen LogP) is 2.74. The van der Waals surface area contributed by atoms with Crippen LogP contribution in [0.1, 0.15) is 41.6 Å². The number of esters is 1. The summed E-state index contributed by atoms with van der Waals surface area (Å²) >= 11 is 0. The van der Waals surface area contributed by atoms with Gasteiger partial charge in [0.2, 0.25) is 5.91 Å². The van der Waals surface area contributed by atoms with Crippen LogP contribution < -0.4 is 11.1 Å². The molecule has 0 saturated carbocycles. The lowest BCUT2D eigenvalue weighted by atomic mass is 9.75. The van der Waals surface area contributed by atoms with Crippen LogP contribution in [0.2, 0.25) is 0 Å². The summed E-state index contributed by atoms with van der Waals surface area (Å²) < 4.78 is 11.0. The summed E-state index contributed by atoms with van der Waals surface area (Å²) in [5.41, 5.74) is 7.91. The molecule has 2 saturated heterocycles. The second-order valence-electron chi connectivity index (χ2n) is 7.14. The molecule has 0 radical (unpaired) electrons. The summed E-state index contributed by atoms with van der Waals surface area (Å²) in [4.78, 5) is 28.9. The number of aromatic nitrogens is 1. The van der Waals surface area contributed by atoms with Gasteiger partial charge >= 0.3 is 5.97 Å². The lowest BCUT2D eigenvalue weighted by molar-refractivity contribution is -0.121. The van der Waals surface area contributed by atoms with Gasteiger partial charge in [-0.3, -0.25) is 4.79 Å². The number of anilines is 2. The van der Waals surface area contributed by atoms with Crippen molar-refractivity contribution in [2.24, 2.45) is 5.92 Å². The molecule has 3 N–H and O–H groups in total. The summed E-state index contributed by atoms with van der Waals surface area (Å²) in [6, 6.07) is 10.4. The van der Waals surface area contributed by atoms with Gasteiger partial charge in [0.1, 0.15) is 5.82 Å². The molecule has 1 aromatic carbocycles. The maximum atomic E-state index is 13.1. The second kappa shape index (κ2) is 7.59. The monoisotopic (exact) mass is 381 g/mol. The first-order valence-corrected chi connectivity index (χ1v) is 9.51. The number of nitrogens with zero attached hydrogens (tertiary/aromatic N) is 1. The number of rotatable bonds is 5. The van der Waals surface area contributed by atoms with Crippen LogP contribution in [-0.2, 0) is 14.3 Å². The molecule has 1 amide bonds. The molecule has 146 valence electrons. The molecule has 7 nitrogen and oxygen atoms in total. The van der Waals surface area contributed by atoms with Crippen LogP contribution in [0.3, 0.4) is 0 Å². The number of ether oxygens (including phenoxy) is 2. The van der Waals surface area contributed by atoms with Crippen LogP contribution in [0.4, 0.5) is 11.5 Å². The van der Waals surface area contributed by atoms with Gasteiger partial charge in [-0.2, -0.15) is 0 Å². The smallest absolute Gasteiger partial charge is 0.338 e. The summed E-state index contributed by atoms with van der Waals surface area (Å²) in [6.45, 7) is 2.08. The summed E-state index contributed by atoms with van der Waals surface area (Å²) in [6.07, 6.45) is 3.41. The van der Waals surface area contributed by atoms with Crippen LogP contribution in [0.25, 0.3) is 0 Å². The number of nitrogen functional groups attached to an aromatic ring is 1. The van der Waals surface area contributed by atoms with Gasteiger partial charge < -0.3 is 20.5 Å². The zero-order valence-corrected chi connectivity index (χ0v) is 15.6.